The fourth-order valence-electron chi connectivity index (χ4n) is 3.89. The highest BCUT2D eigenvalue weighted by Crippen LogP contribution is 2.28. The van der Waals surface area contributed by atoms with Crippen LogP contribution in [0.25, 0.3) is 6.08 Å². The standard InChI is InChI=1S/C24H27N3O3/c1-5-11-26-16(2)13-20(17(26)3)14-21(15-25)24(29)30-18(4)23(28)27-12-10-19-8-6-7-9-22(19)27/h6-9,13-14,18H,5,10-12H2,1-4H3/b21-14+/t18-/m0/s1. The van der Waals surface area contributed by atoms with Crippen molar-refractivity contribution in [3.8, 4) is 6.07 Å². The number of nitriles is 1. The summed E-state index contributed by atoms with van der Waals surface area (Å²) in [5.41, 5.74) is 4.71. The zero-order valence-corrected chi connectivity index (χ0v) is 17.9. The van der Waals surface area contributed by atoms with Crippen LogP contribution in [0.2, 0.25) is 0 Å². The molecule has 0 aliphatic carbocycles. The molecule has 1 aromatic carbocycles. The Kier molecular flexibility index (Phi) is 6.41. The molecule has 1 amide bonds. The van der Waals surface area contributed by atoms with Crippen molar-refractivity contribution in [2.24, 2.45) is 0 Å². The Balaban J connectivity index is 1.74. The highest BCUT2D eigenvalue weighted by molar-refractivity contribution is 6.02. The van der Waals surface area contributed by atoms with Crippen molar-refractivity contribution in [2.45, 2.75) is 53.2 Å². The summed E-state index contributed by atoms with van der Waals surface area (Å²) in [5.74, 6) is -1.07. The monoisotopic (exact) mass is 405 g/mol. The lowest BCUT2D eigenvalue weighted by Gasteiger charge is -2.21. The number of para-hydroxylation sites is 1. The molecule has 0 N–H and O–H groups in total. The molecule has 0 radical (unpaired) electrons. The van der Waals surface area contributed by atoms with Gasteiger partial charge in [-0.3, -0.25) is 4.79 Å². The van der Waals surface area contributed by atoms with Crippen molar-refractivity contribution < 1.29 is 14.3 Å². The van der Waals surface area contributed by atoms with Crippen molar-refractivity contribution in [1.29, 1.82) is 5.26 Å². The number of benzene rings is 1. The van der Waals surface area contributed by atoms with E-state index in [2.05, 4.69) is 11.5 Å². The first kappa shape index (κ1) is 21.4. The van der Waals surface area contributed by atoms with Crippen LogP contribution in [0.5, 0.6) is 0 Å². The fraction of sp³-hybridized carbons (Fsp3) is 0.375. The predicted molar refractivity (Wildman–Crippen MR) is 116 cm³/mol. The minimum Gasteiger partial charge on any atom is -0.448 e. The van der Waals surface area contributed by atoms with Gasteiger partial charge in [0.25, 0.3) is 5.91 Å². The SMILES string of the molecule is CCCn1c(C)cc(/C=C(\C#N)C(=O)O[C@@H](C)C(=O)N2CCc3ccccc32)c1C. The summed E-state index contributed by atoms with van der Waals surface area (Å²) in [5, 5.41) is 9.50. The maximum absolute atomic E-state index is 12.8. The van der Waals surface area contributed by atoms with Crippen LogP contribution < -0.4 is 4.90 Å². The summed E-state index contributed by atoms with van der Waals surface area (Å²) in [6.07, 6.45) is 2.33. The van der Waals surface area contributed by atoms with Gasteiger partial charge in [0, 0.05) is 30.2 Å². The van der Waals surface area contributed by atoms with Crippen molar-refractivity contribution >= 4 is 23.6 Å². The molecule has 2 aromatic rings. The molecule has 0 fully saturated rings. The maximum atomic E-state index is 12.8. The summed E-state index contributed by atoms with van der Waals surface area (Å²) in [7, 11) is 0. The average molecular weight is 405 g/mol. The van der Waals surface area contributed by atoms with Gasteiger partial charge in [-0.15, -0.1) is 0 Å². The number of esters is 1. The number of fused-ring (bicyclic) bond motifs is 1. The minimum absolute atomic E-state index is 0.117. The van der Waals surface area contributed by atoms with Gasteiger partial charge in [-0.2, -0.15) is 5.26 Å². The Morgan fingerprint density at radius 2 is 2.03 bits per heavy atom. The highest BCUT2D eigenvalue weighted by atomic mass is 16.5. The van der Waals surface area contributed by atoms with E-state index in [-0.39, 0.29) is 11.5 Å². The van der Waals surface area contributed by atoms with Gasteiger partial charge in [-0.1, -0.05) is 25.1 Å². The Bertz CT molecular complexity index is 1040. The van der Waals surface area contributed by atoms with E-state index < -0.39 is 12.1 Å². The molecular formula is C24H27N3O3. The zero-order chi connectivity index (χ0) is 21.8. The van der Waals surface area contributed by atoms with E-state index in [4.69, 9.17) is 4.74 Å². The van der Waals surface area contributed by atoms with Crippen LogP contribution in [0.3, 0.4) is 0 Å². The lowest BCUT2D eigenvalue weighted by molar-refractivity contribution is -0.149. The fourth-order valence-corrected chi connectivity index (χ4v) is 3.89. The number of carbonyl (C=O) groups is 2. The first-order valence-corrected chi connectivity index (χ1v) is 10.3. The van der Waals surface area contributed by atoms with Crippen molar-refractivity contribution in [3.63, 3.8) is 0 Å². The second-order valence-corrected chi connectivity index (χ2v) is 7.56. The zero-order valence-electron chi connectivity index (χ0n) is 17.9. The summed E-state index contributed by atoms with van der Waals surface area (Å²) in [6, 6.07) is 11.6. The number of rotatable bonds is 6. The lowest BCUT2D eigenvalue weighted by atomic mass is 10.1. The van der Waals surface area contributed by atoms with Crippen LogP contribution in [0.1, 0.15) is 42.8 Å². The number of carbonyl (C=O) groups excluding carboxylic acids is 2. The number of amides is 1. The molecule has 2 heterocycles. The van der Waals surface area contributed by atoms with Gasteiger partial charge in [0.2, 0.25) is 0 Å². The molecule has 0 unspecified atom stereocenters. The Morgan fingerprint density at radius 1 is 1.30 bits per heavy atom. The van der Waals surface area contributed by atoms with E-state index in [1.54, 1.807) is 17.9 Å². The van der Waals surface area contributed by atoms with E-state index in [1.165, 1.54) is 0 Å². The van der Waals surface area contributed by atoms with Crippen LogP contribution in [0, 0.1) is 25.2 Å². The Labute approximate surface area is 177 Å². The van der Waals surface area contributed by atoms with Gasteiger partial charge in [-0.25, -0.2) is 4.79 Å². The minimum atomic E-state index is -0.979. The summed E-state index contributed by atoms with van der Waals surface area (Å²) in [4.78, 5) is 27.1. The lowest BCUT2D eigenvalue weighted by Crippen LogP contribution is -2.39. The number of nitrogens with zero attached hydrogens (tertiary/aromatic N) is 3. The first-order valence-electron chi connectivity index (χ1n) is 10.3. The van der Waals surface area contributed by atoms with Gasteiger partial charge in [0.15, 0.2) is 6.10 Å². The topological polar surface area (TPSA) is 75.3 Å². The van der Waals surface area contributed by atoms with Gasteiger partial charge in [0.1, 0.15) is 11.6 Å². The molecular weight excluding hydrogens is 378 g/mol. The number of aryl methyl sites for hydroxylation is 1. The van der Waals surface area contributed by atoms with E-state index in [0.29, 0.717) is 6.54 Å². The van der Waals surface area contributed by atoms with Crippen LogP contribution in [0.4, 0.5) is 5.69 Å². The number of ether oxygens (including phenoxy) is 1. The van der Waals surface area contributed by atoms with E-state index >= 15 is 0 Å². The first-order chi connectivity index (χ1) is 14.4. The van der Waals surface area contributed by atoms with E-state index in [1.807, 2.05) is 50.2 Å². The average Bonchev–Trinajstić information content (AvgIpc) is 3.27. The molecule has 0 spiro atoms. The highest BCUT2D eigenvalue weighted by Gasteiger charge is 2.30. The molecule has 6 heteroatoms. The van der Waals surface area contributed by atoms with Gasteiger partial charge in [0.05, 0.1) is 0 Å². The number of hydrogen-bond acceptors (Lipinski definition) is 4. The summed E-state index contributed by atoms with van der Waals surface area (Å²) >= 11 is 0. The third kappa shape index (κ3) is 4.16. The van der Waals surface area contributed by atoms with Crippen LogP contribution in [0.15, 0.2) is 35.9 Å². The molecule has 1 aliphatic heterocycles. The van der Waals surface area contributed by atoms with Gasteiger partial charge >= 0.3 is 5.97 Å². The van der Waals surface area contributed by atoms with E-state index in [9.17, 15) is 14.9 Å². The smallest absolute Gasteiger partial charge is 0.349 e. The number of hydrogen-bond donors (Lipinski definition) is 0. The second-order valence-electron chi connectivity index (χ2n) is 7.56. The Morgan fingerprint density at radius 3 is 2.73 bits per heavy atom. The third-order valence-corrected chi connectivity index (χ3v) is 5.48. The largest absolute Gasteiger partial charge is 0.448 e. The van der Waals surface area contributed by atoms with Crippen molar-refractivity contribution in [1.82, 2.24) is 4.57 Å². The molecule has 0 saturated heterocycles. The van der Waals surface area contributed by atoms with E-state index in [0.717, 1.165) is 47.6 Å². The predicted octanol–water partition coefficient (Wildman–Crippen LogP) is 3.94. The van der Waals surface area contributed by atoms with Crippen molar-refractivity contribution in [3.05, 3.63) is 58.4 Å². The van der Waals surface area contributed by atoms with Crippen LogP contribution in [-0.4, -0.2) is 29.1 Å². The second kappa shape index (κ2) is 9.00. The normalized spacial score (nSPS) is 14.2. The van der Waals surface area contributed by atoms with Gasteiger partial charge < -0.3 is 14.2 Å². The molecule has 1 atom stereocenters. The quantitative estimate of drug-likeness (QED) is 0.414. The molecule has 1 aromatic heterocycles. The number of anilines is 1. The number of aromatic nitrogens is 1. The molecule has 1 aliphatic rings. The third-order valence-electron chi connectivity index (χ3n) is 5.48. The van der Waals surface area contributed by atoms with Crippen LogP contribution >= 0.6 is 0 Å². The maximum Gasteiger partial charge on any atom is 0.349 e. The molecule has 156 valence electrons. The molecule has 6 nitrogen and oxygen atoms in total. The summed E-state index contributed by atoms with van der Waals surface area (Å²) in [6.45, 7) is 9.04. The Hall–Kier alpha value is -3.33. The molecule has 30 heavy (non-hydrogen) atoms. The molecule has 0 saturated carbocycles. The van der Waals surface area contributed by atoms with Gasteiger partial charge in [-0.05, 0) is 62.9 Å². The van der Waals surface area contributed by atoms with Crippen molar-refractivity contribution in [2.75, 3.05) is 11.4 Å². The van der Waals surface area contributed by atoms with Crippen LogP contribution in [-0.2, 0) is 27.3 Å². The summed E-state index contributed by atoms with van der Waals surface area (Å²) < 4.78 is 7.52. The molecule has 3 rings (SSSR count). The molecule has 0 bridgehead atoms.